The van der Waals surface area contributed by atoms with Crippen molar-refractivity contribution in [3.63, 3.8) is 0 Å². The lowest BCUT2D eigenvalue weighted by atomic mass is 9.92. The Morgan fingerprint density at radius 3 is 2.56 bits per heavy atom. The Labute approximate surface area is 257 Å². The van der Waals surface area contributed by atoms with Crippen LogP contribution in [-0.4, -0.2) is 28.5 Å². The van der Waals surface area contributed by atoms with Gasteiger partial charge in [0.25, 0.3) is 0 Å². The molecular formula is C34H33F4N5O2. The molecule has 1 aliphatic carbocycles. The molecule has 4 aromatic carbocycles. The molecule has 1 fully saturated rings. The Bertz CT molecular complexity index is 1820. The number of methoxy groups -OCH3 is 1. The standard InChI is InChI=1S/C34H33F4N5O2/c1-45-29-14-12-22-6-2-3-8-25(22)31(29)32(40-19-20-9-10-20)23-11-13-26(35)27(16-23)41-33(44)28-17-30(34(36,37)38)42-43(28)24-7-4-5-21(15-24)18-39/h2-8,11-17,20,32-33,40-41,44H,9-10,18-19,39H2,1H3. The zero-order valence-electron chi connectivity index (χ0n) is 24.5. The van der Waals surface area contributed by atoms with Crippen molar-refractivity contribution >= 4 is 16.5 Å². The zero-order valence-corrected chi connectivity index (χ0v) is 24.5. The highest BCUT2D eigenvalue weighted by Crippen LogP contribution is 2.39. The molecule has 0 bridgehead atoms. The van der Waals surface area contributed by atoms with E-state index in [1.54, 1.807) is 43.5 Å². The number of rotatable bonds is 11. The van der Waals surface area contributed by atoms with Crippen LogP contribution in [0.2, 0.25) is 0 Å². The molecule has 1 saturated carbocycles. The number of nitrogens with two attached hydrogens (primary N) is 1. The number of halogens is 4. The van der Waals surface area contributed by atoms with E-state index in [1.807, 2.05) is 36.4 Å². The van der Waals surface area contributed by atoms with Gasteiger partial charge in [-0.15, -0.1) is 0 Å². The zero-order chi connectivity index (χ0) is 31.7. The van der Waals surface area contributed by atoms with Crippen molar-refractivity contribution in [2.24, 2.45) is 11.7 Å². The summed E-state index contributed by atoms with van der Waals surface area (Å²) in [5.74, 6) is 0.509. The number of aliphatic hydroxyl groups excluding tert-OH is 1. The maximum absolute atomic E-state index is 15.3. The van der Waals surface area contributed by atoms with Gasteiger partial charge in [0.1, 0.15) is 11.6 Å². The molecule has 1 aromatic heterocycles. The van der Waals surface area contributed by atoms with Gasteiger partial charge in [-0.3, -0.25) is 0 Å². The van der Waals surface area contributed by atoms with E-state index in [9.17, 15) is 18.3 Å². The second-order valence-electron chi connectivity index (χ2n) is 11.2. The smallest absolute Gasteiger partial charge is 0.435 e. The minimum Gasteiger partial charge on any atom is -0.496 e. The fraction of sp³-hybridized carbons (Fsp3) is 0.265. The van der Waals surface area contributed by atoms with Gasteiger partial charge in [-0.2, -0.15) is 18.3 Å². The number of ether oxygens (including phenoxy) is 1. The quantitative estimate of drug-likeness (QED) is 0.0955. The van der Waals surface area contributed by atoms with Gasteiger partial charge in [0.05, 0.1) is 30.2 Å². The lowest BCUT2D eigenvalue weighted by molar-refractivity contribution is -0.141. The van der Waals surface area contributed by atoms with Gasteiger partial charge in [0.15, 0.2) is 11.9 Å². The van der Waals surface area contributed by atoms with Gasteiger partial charge < -0.3 is 26.2 Å². The number of fused-ring (bicyclic) bond motifs is 1. The van der Waals surface area contributed by atoms with Crippen molar-refractivity contribution < 1.29 is 27.4 Å². The topological polar surface area (TPSA) is 97.4 Å². The molecule has 5 N–H and O–H groups in total. The molecule has 11 heteroatoms. The third-order valence-electron chi connectivity index (χ3n) is 8.06. The van der Waals surface area contributed by atoms with Crippen LogP contribution in [0.15, 0.2) is 84.9 Å². The summed E-state index contributed by atoms with van der Waals surface area (Å²) in [4.78, 5) is 0. The lowest BCUT2D eigenvalue weighted by Crippen LogP contribution is -2.25. The van der Waals surface area contributed by atoms with Crippen LogP contribution in [0.25, 0.3) is 16.5 Å². The normalized spacial score (nSPS) is 14.8. The van der Waals surface area contributed by atoms with Gasteiger partial charge in [-0.1, -0.05) is 48.5 Å². The Hall–Kier alpha value is -4.45. The predicted octanol–water partition coefficient (Wildman–Crippen LogP) is 6.84. The number of hydrogen-bond acceptors (Lipinski definition) is 6. The molecule has 0 amide bonds. The maximum Gasteiger partial charge on any atom is 0.435 e. The van der Waals surface area contributed by atoms with Gasteiger partial charge in [-0.25, -0.2) is 9.07 Å². The van der Waals surface area contributed by atoms with Crippen LogP contribution in [-0.2, 0) is 12.7 Å². The van der Waals surface area contributed by atoms with Crippen molar-refractivity contribution in [2.75, 3.05) is 19.0 Å². The maximum atomic E-state index is 15.3. The molecular weight excluding hydrogens is 586 g/mol. The van der Waals surface area contributed by atoms with Crippen LogP contribution in [0.1, 0.15) is 53.2 Å². The summed E-state index contributed by atoms with van der Waals surface area (Å²) in [6, 6.07) is 23.1. The second kappa shape index (κ2) is 12.5. The second-order valence-corrected chi connectivity index (χ2v) is 11.2. The van der Waals surface area contributed by atoms with E-state index < -0.39 is 30.0 Å². The average molecular weight is 620 g/mol. The fourth-order valence-electron chi connectivity index (χ4n) is 5.55. The molecule has 234 valence electrons. The summed E-state index contributed by atoms with van der Waals surface area (Å²) < 4.78 is 63.3. The molecule has 6 rings (SSSR count). The number of nitrogens with zero attached hydrogens (tertiary/aromatic N) is 2. The first kappa shape index (κ1) is 30.6. The van der Waals surface area contributed by atoms with Gasteiger partial charge in [0.2, 0.25) is 0 Å². The number of aromatic nitrogens is 2. The highest BCUT2D eigenvalue weighted by atomic mass is 19.4. The van der Waals surface area contributed by atoms with Crippen LogP contribution in [0.4, 0.5) is 23.2 Å². The van der Waals surface area contributed by atoms with Crippen molar-refractivity contribution in [1.82, 2.24) is 15.1 Å². The first-order valence-electron chi connectivity index (χ1n) is 14.7. The van der Waals surface area contributed by atoms with E-state index in [0.29, 0.717) is 22.8 Å². The Kier molecular flexibility index (Phi) is 8.50. The van der Waals surface area contributed by atoms with E-state index in [-0.39, 0.29) is 23.6 Å². The molecule has 1 heterocycles. The third kappa shape index (κ3) is 6.51. The van der Waals surface area contributed by atoms with Crippen molar-refractivity contribution in [3.05, 3.63) is 119 Å². The van der Waals surface area contributed by atoms with Crippen LogP contribution in [0.3, 0.4) is 0 Å². The molecule has 1 aliphatic rings. The number of aliphatic hydroxyl groups is 1. The summed E-state index contributed by atoms with van der Waals surface area (Å²) in [5.41, 5.74) is 6.72. The molecule has 0 radical (unpaired) electrons. The molecule has 0 spiro atoms. The molecule has 7 nitrogen and oxygen atoms in total. The Morgan fingerprint density at radius 2 is 1.82 bits per heavy atom. The molecule has 2 atom stereocenters. The predicted molar refractivity (Wildman–Crippen MR) is 165 cm³/mol. The first-order valence-corrected chi connectivity index (χ1v) is 14.7. The van der Waals surface area contributed by atoms with E-state index in [1.165, 1.54) is 6.07 Å². The number of nitrogens with one attached hydrogen (secondary N) is 2. The molecule has 0 aliphatic heterocycles. The van der Waals surface area contributed by atoms with Crippen molar-refractivity contribution in [1.29, 1.82) is 0 Å². The summed E-state index contributed by atoms with van der Waals surface area (Å²) >= 11 is 0. The Balaban J connectivity index is 1.39. The number of anilines is 1. The van der Waals surface area contributed by atoms with Gasteiger partial charge in [0, 0.05) is 12.1 Å². The minimum atomic E-state index is -4.77. The fourth-order valence-corrected chi connectivity index (χ4v) is 5.55. The van der Waals surface area contributed by atoms with Crippen molar-refractivity contribution in [3.8, 4) is 11.4 Å². The summed E-state index contributed by atoms with van der Waals surface area (Å²) in [7, 11) is 1.60. The highest BCUT2D eigenvalue weighted by molar-refractivity contribution is 5.88. The van der Waals surface area contributed by atoms with Crippen LogP contribution in [0, 0.1) is 11.7 Å². The minimum absolute atomic E-state index is 0.0885. The summed E-state index contributed by atoms with van der Waals surface area (Å²) in [5, 5.41) is 23.3. The molecule has 45 heavy (non-hydrogen) atoms. The highest BCUT2D eigenvalue weighted by Gasteiger charge is 2.36. The molecule has 5 aromatic rings. The lowest BCUT2D eigenvalue weighted by Gasteiger charge is -2.25. The Morgan fingerprint density at radius 1 is 1.02 bits per heavy atom. The summed E-state index contributed by atoms with van der Waals surface area (Å²) in [6.07, 6.45) is -4.27. The molecule has 2 unspecified atom stereocenters. The van der Waals surface area contributed by atoms with E-state index in [4.69, 9.17) is 10.5 Å². The summed E-state index contributed by atoms with van der Waals surface area (Å²) in [6.45, 7) is 0.897. The average Bonchev–Trinajstić information content (AvgIpc) is 3.75. The van der Waals surface area contributed by atoms with Crippen LogP contribution in [0.5, 0.6) is 5.75 Å². The van der Waals surface area contributed by atoms with E-state index >= 15 is 4.39 Å². The van der Waals surface area contributed by atoms with Gasteiger partial charge >= 0.3 is 6.18 Å². The van der Waals surface area contributed by atoms with Gasteiger partial charge in [-0.05, 0) is 83.6 Å². The van der Waals surface area contributed by atoms with Crippen molar-refractivity contribution in [2.45, 2.75) is 37.8 Å². The number of alkyl halides is 3. The molecule has 0 saturated heterocycles. The monoisotopic (exact) mass is 619 g/mol. The van der Waals surface area contributed by atoms with E-state index in [0.717, 1.165) is 46.5 Å². The largest absolute Gasteiger partial charge is 0.496 e. The number of hydrogen-bond donors (Lipinski definition) is 4. The van der Waals surface area contributed by atoms with E-state index in [2.05, 4.69) is 15.7 Å². The SMILES string of the molecule is COc1ccc2ccccc2c1C(NCC1CC1)c1ccc(F)c(NC(O)c2cc(C(F)(F)F)nn2-c2cccc(CN)c2)c1. The first-order chi connectivity index (χ1) is 21.7. The van der Waals surface area contributed by atoms with Crippen LogP contribution < -0.4 is 21.1 Å². The third-order valence-corrected chi connectivity index (χ3v) is 8.06. The van der Waals surface area contributed by atoms with Crippen LogP contribution >= 0.6 is 0 Å². The number of benzene rings is 4.